The van der Waals surface area contributed by atoms with Crippen molar-refractivity contribution in [1.82, 2.24) is 14.7 Å². The molecule has 0 fully saturated rings. The van der Waals surface area contributed by atoms with Crippen LogP contribution in [0.2, 0.25) is 0 Å². The number of likely N-dealkylation sites (N-methyl/N-ethyl adjacent to an activating group) is 1. The summed E-state index contributed by atoms with van der Waals surface area (Å²) in [6.45, 7) is 3.73. The van der Waals surface area contributed by atoms with Gasteiger partial charge in [-0.25, -0.2) is 0 Å². The molecule has 2 heterocycles. The molecular formula is C18H23N3O2. The second-order valence-electron chi connectivity index (χ2n) is 6.07. The SMILES string of the molecule is COC(C)CN(C)Cc1cn(C)nc1-c1cc2ccccc2o1. The van der Waals surface area contributed by atoms with E-state index in [-0.39, 0.29) is 6.10 Å². The zero-order chi connectivity index (χ0) is 16.4. The zero-order valence-electron chi connectivity index (χ0n) is 14.1. The second-order valence-corrected chi connectivity index (χ2v) is 6.07. The monoisotopic (exact) mass is 313 g/mol. The van der Waals surface area contributed by atoms with E-state index >= 15 is 0 Å². The van der Waals surface area contributed by atoms with Crippen molar-refractivity contribution in [2.75, 3.05) is 20.7 Å². The molecule has 3 rings (SSSR count). The molecule has 122 valence electrons. The van der Waals surface area contributed by atoms with Crippen molar-refractivity contribution in [3.05, 3.63) is 42.1 Å². The van der Waals surface area contributed by atoms with Crippen LogP contribution in [0.4, 0.5) is 0 Å². The molecule has 1 aromatic carbocycles. The lowest BCUT2D eigenvalue weighted by atomic mass is 10.2. The minimum atomic E-state index is 0.200. The van der Waals surface area contributed by atoms with E-state index in [1.165, 1.54) is 0 Å². The fourth-order valence-corrected chi connectivity index (χ4v) is 2.83. The van der Waals surface area contributed by atoms with Crippen molar-refractivity contribution in [3.8, 4) is 11.5 Å². The van der Waals surface area contributed by atoms with Gasteiger partial charge in [-0.05, 0) is 26.1 Å². The summed E-state index contributed by atoms with van der Waals surface area (Å²) in [5.74, 6) is 0.815. The van der Waals surface area contributed by atoms with Gasteiger partial charge in [-0.15, -0.1) is 0 Å². The summed E-state index contributed by atoms with van der Waals surface area (Å²) in [6, 6.07) is 10.1. The summed E-state index contributed by atoms with van der Waals surface area (Å²) >= 11 is 0. The number of hydrogen-bond acceptors (Lipinski definition) is 4. The van der Waals surface area contributed by atoms with E-state index in [0.29, 0.717) is 0 Å². The third-order valence-electron chi connectivity index (χ3n) is 3.97. The summed E-state index contributed by atoms with van der Waals surface area (Å²) in [7, 11) is 5.76. The Morgan fingerprint density at radius 2 is 2.13 bits per heavy atom. The van der Waals surface area contributed by atoms with Gasteiger partial charge in [0.1, 0.15) is 11.3 Å². The highest BCUT2D eigenvalue weighted by Gasteiger charge is 2.16. The predicted molar refractivity (Wildman–Crippen MR) is 91.2 cm³/mol. The largest absolute Gasteiger partial charge is 0.454 e. The zero-order valence-corrected chi connectivity index (χ0v) is 14.1. The van der Waals surface area contributed by atoms with Crippen molar-refractivity contribution in [2.24, 2.45) is 7.05 Å². The van der Waals surface area contributed by atoms with Gasteiger partial charge in [-0.3, -0.25) is 9.58 Å². The van der Waals surface area contributed by atoms with E-state index in [2.05, 4.69) is 42.3 Å². The normalized spacial score (nSPS) is 13.1. The molecule has 0 amide bonds. The molecule has 0 radical (unpaired) electrons. The third kappa shape index (κ3) is 3.46. The first-order chi connectivity index (χ1) is 11.1. The van der Waals surface area contributed by atoms with Crippen LogP contribution in [0.25, 0.3) is 22.4 Å². The van der Waals surface area contributed by atoms with Crippen molar-refractivity contribution >= 4 is 11.0 Å². The number of nitrogens with zero attached hydrogens (tertiary/aromatic N) is 3. The first-order valence-electron chi connectivity index (χ1n) is 7.79. The molecule has 0 N–H and O–H groups in total. The Hall–Kier alpha value is -2.11. The number of aromatic nitrogens is 2. The average molecular weight is 313 g/mol. The van der Waals surface area contributed by atoms with E-state index in [9.17, 15) is 0 Å². The van der Waals surface area contributed by atoms with Crippen LogP contribution in [0.1, 0.15) is 12.5 Å². The molecule has 0 saturated carbocycles. The number of furan rings is 1. The van der Waals surface area contributed by atoms with Crippen LogP contribution in [-0.4, -0.2) is 41.5 Å². The van der Waals surface area contributed by atoms with Gasteiger partial charge in [-0.1, -0.05) is 18.2 Å². The van der Waals surface area contributed by atoms with E-state index in [1.807, 2.05) is 29.9 Å². The van der Waals surface area contributed by atoms with Crippen LogP contribution < -0.4 is 0 Å². The van der Waals surface area contributed by atoms with E-state index in [4.69, 9.17) is 9.15 Å². The maximum atomic E-state index is 5.97. The molecule has 0 aliphatic rings. The molecule has 0 bridgehead atoms. The second kappa shape index (κ2) is 6.56. The third-order valence-corrected chi connectivity index (χ3v) is 3.97. The smallest absolute Gasteiger partial charge is 0.156 e. The van der Waals surface area contributed by atoms with Crippen molar-refractivity contribution < 1.29 is 9.15 Å². The summed E-state index contributed by atoms with van der Waals surface area (Å²) in [5, 5.41) is 5.69. The lowest BCUT2D eigenvalue weighted by Gasteiger charge is -2.20. The molecule has 0 spiro atoms. The number of rotatable bonds is 6. The van der Waals surface area contributed by atoms with Gasteiger partial charge in [0.25, 0.3) is 0 Å². The topological polar surface area (TPSA) is 43.4 Å². The van der Waals surface area contributed by atoms with E-state index in [0.717, 1.165) is 41.1 Å². The van der Waals surface area contributed by atoms with Crippen LogP contribution in [0.15, 0.2) is 40.9 Å². The predicted octanol–water partition coefficient (Wildman–Crippen LogP) is 3.30. The van der Waals surface area contributed by atoms with Gasteiger partial charge in [0, 0.05) is 44.4 Å². The Balaban J connectivity index is 1.88. The minimum absolute atomic E-state index is 0.200. The first-order valence-corrected chi connectivity index (χ1v) is 7.79. The first kappa shape index (κ1) is 15.8. The summed E-state index contributed by atoms with van der Waals surface area (Å²) in [6.07, 6.45) is 2.25. The summed E-state index contributed by atoms with van der Waals surface area (Å²) < 4.78 is 13.1. The van der Waals surface area contributed by atoms with Crippen LogP contribution >= 0.6 is 0 Å². The standard InChI is InChI=1S/C18H23N3O2/c1-13(22-4)10-20(2)11-15-12-21(3)19-18(15)17-9-14-7-5-6-8-16(14)23-17/h5-9,12-13H,10-11H2,1-4H3. The molecule has 2 aromatic heterocycles. The highest BCUT2D eigenvalue weighted by Crippen LogP contribution is 2.29. The maximum Gasteiger partial charge on any atom is 0.156 e. The molecule has 0 aliphatic carbocycles. The quantitative estimate of drug-likeness (QED) is 0.700. The van der Waals surface area contributed by atoms with Gasteiger partial charge >= 0.3 is 0 Å². The fraction of sp³-hybridized carbons (Fsp3) is 0.389. The maximum absolute atomic E-state index is 5.97. The fourth-order valence-electron chi connectivity index (χ4n) is 2.83. The molecule has 0 saturated heterocycles. The minimum Gasteiger partial charge on any atom is -0.454 e. The van der Waals surface area contributed by atoms with Crippen molar-refractivity contribution in [1.29, 1.82) is 0 Å². The number of ether oxygens (including phenoxy) is 1. The Bertz CT molecular complexity index is 758. The van der Waals surface area contributed by atoms with Gasteiger partial charge in [0.2, 0.25) is 0 Å². The molecule has 0 aliphatic heterocycles. The molecule has 1 atom stereocenters. The number of hydrogen-bond donors (Lipinski definition) is 0. The number of methoxy groups -OCH3 is 1. The average Bonchev–Trinajstić information content (AvgIpc) is 3.09. The summed E-state index contributed by atoms with van der Waals surface area (Å²) in [5.41, 5.74) is 2.94. The van der Waals surface area contributed by atoms with E-state index in [1.54, 1.807) is 7.11 Å². The molecule has 23 heavy (non-hydrogen) atoms. The van der Waals surface area contributed by atoms with E-state index < -0.39 is 0 Å². The van der Waals surface area contributed by atoms with Gasteiger partial charge in [-0.2, -0.15) is 5.10 Å². The van der Waals surface area contributed by atoms with Gasteiger partial charge in [0.15, 0.2) is 5.76 Å². The molecule has 5 heteroatoms. The van der Waals surface area contributed by atoms with Crippen LogP contribution in [-0.2, 0) is 18.3 Å². The Labute approximate surface area is 136 Å². The van der Waals surface area contributed by atoms with Gasteiger partial charge < -0.3 is 9.15 Å². The number of fused-ring (bicyclic) bond motifs is 1. The number of benzene rings is 1. The Kier molecular flexibility index (Phi) is 4.50. The molecule has 1 unspecified atom stereocenters. The molecule has 3 aromatic rings. The lowest BCUT2D eigenvalue weighted by molar-refractivity contribution is 0.0837. The highest BCUT2D eigenvalue weighted by molar-refractivity contribution is 5.82. The van der Waals surface area contributed by atoms with Crippen molar-refractivity contribution in [3.63, 3.8) is 0 Å². The Morgan fingerprint density at radius 3 is 2.87 bits per heavy atom. The number of aryl methyl sites for hydroxylation is 1. The highest BCUT2D eigenvalue weighted by atomic mass is 16.5. The number of para-hydroxylation sites is 1. The van der Waals surface area contributed by atoms with Crippen LogP contribution in [0.3, 0.4) is 0 Å². The van der Waals surface area contributed by atoms with Crippen LogP contribution in [0, 0.1) is 0 Å². The van der Waals surface area contributed by atoms with Crippen LogP contribution in [0.5, 0.6) is 0 Å². The van der Waals surface area contributed by atoms with Crippen molar-refractivity contribution in [2.45, 2.75) is 19.6 Å². The van der Waals surface area contributed by atoms with Gasteiger partial charge in [0.05, 0.1) is 6.10 Å². The molecule has 5 nitrogen and oxygen atoms in total. The Morgan fingerprint density at radius 1 is 1.35 bits per heavy atom. The lowest BCUT2D eigenvalue weighted by Crippen LogP contribution is -2.28. The molecular weight excluding hydrogens is 290 g/mol. The summed E-state index contributed by atoms with van der Waals surface area (Å²) in [4.78, 5) is 2.23.